The standard InChI is InChI=1S/C21H17Cl2N5O5S2/c1-10-7-12(25-20(30)27-35(32,33)17-9-14(22)18(23)34-17)4-6-16(10)28-19(29)13-5-3-11(24-2)8-15(13)26-21(28)31/h3-9,24H,1-2H3,(H,26,31)(H2,25,27,30). The zero-order valence-corrected chi connectivity index (χ0v) is 21.2. The van der Waals surface area contributed by atoms with Gasteiger partial charge in [-0.3, -0.25) is 4.79 Å². The Morgan fingerprint density at radius 2 is 1.77 bits per heavy atom. The summed E-state index contributed by atoms with van der Waals surface area (Å²) in [6.45, 7) is 1.64. The minimum absolute atomic E-state index is 0.0602. The quantitative estimate of drug-likeness (QED) is 0.295. The molecule has 0 atom stereocenters. The number of aromatic nitrogens is 2. The molecule has 0 unspecified atom stereocenters. The number of urea groups is 1. The number of aryl methyl sites for hydroxylation is 1. The predicted molar refractivity (Wildman–Crippen MR) is 138 cm³/mol. The van der Waals surface area contributed by atoms with Crippen LogP contribution in [0.4, 0.5) is 16.2 Å². The van der Waals surface area contributed by atoms with Crippen molar-refractivity contribution in [2.75, 3.05) is 17.7 Å². The first-order chi connectivity index (χ1) is 16.5. The van der Waals surface area contributed by atoms with E-state index in [1.54, 1.807) is 32.2 Å². The summed E-state index contributed by atoms with van der Waals surface area (Å²) >= 11 is 12.3. The summed E-state index contributed by atoms with van der Waals surface area (Å²) in [6.07, 6.45) is 0. The molecule has 35 heavy (non-hydrogen) atoms. The molecule has 4 N–H and O–H groups in total. The van der Waals surface area contributed by atoms with Crippen LogP contribution in [0.5, 0.6) is 0 Å². The molecule has 14 heteroatoms. The molecule has 0 bridgehead atoms. The van der Waals surface area contributed by atoms with Gasteiger partial charge in [0.25, 0.3) is 15.6 Å². The number of nitrogens with zero attached hydrogens (tertiary/aromatic N) is 1. The zero-order chi connectivity index (χ0) is 25.5. The van der Waals surface area contributed by atoms with Gasteiger partial charge < -0.3 is 15.6 Å². The van der Waals surface area contributed by atoms with Crippen molar-refractivity contribution < 1.29 is 13.2 Å². The van der Waals surface area contributed by atoms with Crippen molar-refractivity contribution in [3.05, 3.63) is 78.2 Å². The van der Waals surface area contributed by atoms with E-state index < -0.39 is 27.3 Å². The third kappa shape index (κ3) is 4.91. The second kappa shape index (κ2) is 9.38. The highest BCUT2D eigenvalue weighted by Crippen LogP contribution is 2.34. The Morgan fingerprint density at radius 1 is 1.06 bits per heavy atom. The molecule has 0 aliphatic heterocycles. The van der Waals surface area contributed by atoms with E-state index in [-0.39, 0.29) is 19.3 Å². The van der Waals surface area contributed by atoms with Gasteiger partial charge in [0.05, 0.1) is 21.6 Å². The molecule has 0 aliphatic rings. The summed E-state index contributed by atoms with van der Waals surface area (Å²) in [5.41, 5.74) is 1.03. The molecule has 2 heterocycles. The highest BCUT2D eigenvalue weighted by molar-refractivity contribution is 7.92. The van der Waals surface area contributed by atoms with Crippen LogP contribution in [0.15, 0.2) is 56.3 Å². The number of halogens is 2. The molecule has 0 spiro atoms. The summed E-state index contributed by atoms with van der Waals surface area (Å²) in [5.74, 6) is 0. The summed E-state index contributed by atoms with van der Waals surface area (Å²) in [4.78, 5) is 40.7. The number of rotatable bonds is 5. The van der Waals surface area contributed by atoms with Crippen LogP contribution in [-0.4, -0.2) is 31.0 Å². The lowest BCUT2D eigenvalue weighted by Gasteiger charge is -2.12. The Hall–Kier alpha value is -3.32. The Labute approximate surface area is 212 Å². The monoisotopic (exact) mass is 553 g/mol. The molecule has 10 nitrogen and oxygen atoms in total. The molecule has 4 rings (SSSR count). The largest absolute Gasteiger partial charge is 0.388 e. The van der Waals surface area contributed by atoms with E-state index in [1.165, 1.54) is 18.2 Å². The van der Waals surface area contributed by atoms with Gasteiger partial charge in [0.15, 0.2) is 0 Å². The van der Waals surface area contributed by atoms with Crippen LogP contribution < -0.4 is 26.6 Å². The van der Waals surface area contributed by atoms with Crippen LogP contribution in [0.1, 0.15) is 5.56 Å². The van der Waals surface area contributed by atoms with Gasteiger partial charge >= 0.3 is 11.7 Å². The van der Waals surface area contributed by atoms with Gasteiger partial charge in [-0.05, 0) is 55.0 Å². The second-order valence-electron chi connectivity index (χ2n) is 7.33. The molecule has 0 aliphatic carbocycles. The van der Waals surface area contributed by atoms with Gasteiger partial charge in [-0.1, -0.05) is 23.2 Å². The molecule has 182 valence electrons. The van der Waals surface area contributed by atoms with Crippen molar-refractivity contribution in [3.8, 4) is 5.69 Å². The van der Waals surface area contributed by atoms with E-state index in [4.69, 9.17) is 23.2 Å². The average molecular weight is 554 g/mol. The lowest BCUT2D eigenvalue weighted by Crippen LogP contribution is -2.34. The number of carbonyl (C=O) groups is 1. The van der Waals surface area contributed by atoms with E-state index in [9.17, 15) is 22.8 Å². The minimum atomic E-state index is -4.19. The van der Waals surface area contributed by atoms with Gasteiger partial charge in [0.2, 0.25) is 0 Å². The maximum atomic E-state index is 13.0. The fourth-order valence-corrected chi connectivity index (χ4v) is 6.15. The van der Waals surface area contributed by atoms with Gasteiger partial charge in [-0.2, -0.15) is 0 Å². The average Bonchev–Trinajstić information content (AvgIpc) is 3.13. The number of nitrogens with one attached hydrogen (secondary N) is 4. The number of H-pyrrole nitrogens is 1. The molecular weight excluding hydrogens is 537 g/mol. The molecule has 0 saturated carbocycles. The lowest BCUT2D eigenvalue weighted by atomic mass is 10.1. The van der Waals surface area contributed by atoms with Crippen molar-refractivity contribution in [2.24, 2.45) is 0 Å². The van der Waals surface area contributed by atoms with Crippen LogP contribution in [0.2, 0.25) is 9.36 Å². The lowest BCUT2D eigenvalue weighted by molar-refractivity contribution is 0.256. The first-order valence-corrected chi connectivity index (χ1v) is 12.9. The summed E-state index contributed by atoms with van der Waals surface area (Å²) in [5, 5.41) is 5.74. The molecular formula is C21H17Cl2N5O5S2. The van der Waals surface area contributed by atoms with E-state index in [2.05, 4.69) is 15.6 Å². The topological polar surface area (TPSA) is 142 Å². The molecule has 0 saturated heterocycles. The molecule has 4 aromatic rings. The van der Waals surface area contributed by atoms with Crippen molar-refractivity contribution >= 4 is 72.9 Å². The predicted octanol–water partition coefficient (Wildman–Crippen LogP) is 3.91. The summed E-state index contributed by atoms with van der Waals surface area (Å²) < 4.78 is 27.5. The number of benzene rings is 2. The Bertz CT molecular complexity index is 1690. The SMILES string of the molecule is CNc1ccc2c(=O)n(-c3ccc(NC(=O)NS(=O)(=O)c4cc(Cl)c(Cl)s4)cc3C)c(=O)[nH]c2c1. The molecule has 0 fully saturated rings. The molecule has 2 aromatic carbocycles. The van der Waals surface area contributed by atoms with Crippen LogP contribution in [0.25, 0.3) is 16.6 Å². The Kier molecular flexibility index (Phi) is 6.64. The fourth-order valence-electron chi connectivity index (χ4n) is 3.36. The molecule has 2 amide bonds. The van der Waals surface area contributed by atoms with E-state index in [0.29, 0.717) is 33.5 Å². The fraction of sp³-hybridized carbons (Fsp3) is 0.0952. The van der Waals surface area contributed by atoms with Gasteiger partial charge in [-0.25, -0.2) is 27.3 Å². The van der Waals surface area contributed by atoms with Crippen molar-refractivity contribution in [1.29, 1.82) is 0 Å². The number of carbonyl (C=O) groups excluding carboxylic acids is 1. The first-order valence-electron chi connectivity index (χ1n) is 9.86. The number of sulfonamides is 1. The third-order valence-corrected chi connectivity index (χ3v) is 8.67. The number of aromatic amines is 1. The number of hydrogen-bond acceptors (Lipinski definition) is 7. The second-order valence-corrected chi connectivity index (χ2v) is 11.3. The van der Waals surface area contributed by atoms with E-state index in [0.717, 1.165) is 16.3 Å². The number of hydrogen-bond donors (Lipinski definition) is 4. The van der Waals surface area contributed by atoms with Gasteiger partial charge in [0.1, 0.15) is 8.55 Å². The summed E-state index contributed by atoms with van der Waals surface area (Å²) in [6, 6.07) is 9.53. The highest BCUT2D eigenvalue weighted by Gasteiger charge is 2.22. The van der Waals surface area contributed by atoms with Gasteiger partial charge in [-0.15, -0.1) is 11.3 Å². The molecule has 2 aromatic heterocycles. The van der Waals surface area contributed by atoms with E-state index in [1.807, 2.05) is 4.72 Å². The number of thiophene rings is 1. The minimum Gasteiger partial charge on any atom is -0.388 e. The normalized spacial score (nSPS) is 11.4. The van der Waals surface area contributed by atoms with E-state index >= 15 is 0 Å². The highest BCUT2D eigenvalue weighted by atomic mass is 35.5. The Balaban J connectivity index is 1.61. The van der Waals surface area contributed by atoms with Crippen LogP contribution in [0.3, 0.4) is 0 Å². The third-order valence-electron chi connectivity index (χ3n) is 5.00. The van der Waals surface area contributed by atoms with Gasteiger partial charge in [0, 0.05) is 18.4 Å². The number of fused-ring (bicyclic) bond motifs is 1. The maximum absolute atomic E-state index is 13.0. The smallest absolute Gasteiger partial charge is 0.333 e. The first kappa shape index (κ1) is 24.8. The van der Waals surface area contributed by atoms with Crippen LogP contribution in [0, 0.1) is 6.92 Å². The zero-order valence-electron chi connectivity index (χ0n) is 18.1. The van der Waals surface area contributed by atoms with Crippen LogP contribution in [-0.2, 0) is 10.0 Å². The van der Waals surface area contributed by atoms with Crippen LogP contribution >= 0.6 is 34.5 Å². The molecule has 0 radical (unpaired) electrons. The Morgan fingerprint density at radius 3 is 2.40 bits per heavy atom. The van der Waals surface area contributed by atoms with Crippen molar-refractivity contribution in [1.82, 2.24) is 14.3 Å². The maximum Gasteiger partial charge on any atom is 0.333 e. The number of amides is 2. The number of anilines is 2. The van der Waals surface area contributed by atoms with Crippen molar-refractivity contribution in [2.45, 2.75) is 11.1 Å². The summed E-state index contributed by atoms with van der Waals surface area (Å²) in [7, 11) is -2.46. The van der Waals surface area contributed by atoms with Crippen molar-refractivity contribution in [3.63, 3.8) is 0 Å².